The van der Waals surface area contributed by atoms with Crippen molar-refractivity contribution in [3.8, 4) is 5.75 Å². The molecule has 0 aliphatic rings. The molecule has 0 unspecified atom stereocenters. The first kappa shape index (κ1) is 10.2. The monoisotopic (exact) mass is 205 g/mol. The number of methoxy groups -OCH3 is 1. The van der Waals surface area contributed by atoms with Crippen molar-refractivity contribution in [3.05, 3.63) is 28.5 Å². The van der Waals surface area contributed by atoms with Gasteiger partial charge in [-0.05, 0) is 12.1 Å². The zero-order chi connectivity index (χ0) is 9.84. The molecular weight excluding hydrogens is 197 g/mol. The molecule has 0 atom stereocenters. The molecule has 0 amide bonds. The smallest absolute Gasteiger partial charge is 0.151 e. The Hall–Kier alpha value is -0.840. The number of halogens is 2. The minimum absolute atomic E-state index is 0.0183. The number of hydrogen-bond acceptors (Lipinski definition) is 3. The standard InChI is InChI=1S/C8H9ClFNO2/c1-12-6-3-2-5(4-13-11)8(10)7(6)9/h2-3H,4,11H2,1H3. The summed E-state index contributed by atoms with van der Waals surface area (Å²) in [5.74, 6) is 4.54. The number of rotatable bonds is 3. The third kappa shape index (κ3) is 2.09. The van der Waals surface area contributed by atoms with E-state index < -0.39 is 5.82 Å². The van der Waals surface area contributed by atoms with Gasteiger partial charge in [0, 0.05) is 5.56 Å². The summed E-state index contributed by atoms with van der Waals surface area (Å²) < 4.78 is 18.1. The quantitative estimate of drug-likeness (QED) is 0.767. The van der Waals surface area contributed by atoms with E-state index in [1.807, 2.05) is 0 Å². The Morgan fingerprint density at radius 3 is 2.77 bits per heavy atom. The van der Waals surface area contributed by atoms with Crippen LogP contribution in [-0.4, -0.2) is 7.11 Å². The predicted octanol–water partition coefficient (Wildman–Crippen LogP) is 1.88. The highest BCUT2D eigenvalue weighted by Gasteiger charge is 2.11. The lowest BCUT2D eigenvalue weighted by molar-refractivity contribution is 0.121. The average Bonchev–Trinajstić information content (AvgIpc) is 2.14. The highest BCUT2D eigenvalue weighted by Crippen LogP contribution is 2.29. The van der Waals surface area contributed by atoms with Gasteiger partial charge in [-0.2, -0.15) is 0 Å². The lowest BCUT2D eigenvalue weighted by Gasteiger charge is -2.06. The summed E-state index contributed by atoms with van der Waals surface area (Å²) >= 11 is 5.64. The summed E-state index contributed by atoms with van der Waals surface area (Å²) in [5, 5.41) is -0.0583. The zero-order valence-electron chi connectivity index (χ0n) is 7.01. The molecule has 0 spiro atoms. The molecule has 0 saturated carbocycles. The molecule has 0 aliphatic heterocycles. The van der Waals surface area contributed by atoms with Gasteiger partial charge in [-0.3, -0.25) is 4.84 Å². The Morgan fingerprint density at radius 2 is 2.23 bits per heavy atom. The van der Waals surface area contributed by atoms with Crippen LogP contribution in [0.15, 0.2) is 12.1 Å². The Labute approximate surface area is 80.2 Å². The molecule has 13 heavy (non-hydrogen) atoms. The summed E-state index contributed by atoms with van der Waals surface area (Å²) in [4.78, 5) is 4.30. The minimum atomic E-state index is -0.563. The van der Waals surface area contributed by atoms with Crippen LogP contribution < -0.4 is 10.6 Å². The fourth-order valence-corrected chi connectivity index (χ4v) is 1.19. The first-order valence-electron chi connectivity index (χ1n) is 3.53. The highest BCUT2D eigenvalue weighted by atomic mass is 35.5. The van der Waals surface area contributed by atoms with E-state index in [0.29, 0.717) is 11.3 Å². The Balaban J connectivity index is 3.07. The maximum Gasteiger partial charge on any atom is 0.151 e. The van der Waals surface area contributed by atoms with Crippen LogP contribution >= 0.6 is 11.6 Å². The van der Waals surface area contributed by atoms with Crippen LogP contribution in [0.3, 0.4) is 0 Å². The molecule has 3 nitrogen and oxygen atoms in total. The zero-order valence-corrected chi connectivity index (χ0v) is 7.77. The highest BCUT2D eigenvalue weighted by molar-refractivity contribution is 6.32. The lowest BCUT2D eigenvalue weighted by Crippen LogP contribution is -2.02. The summed E-state index contributed by atoms with van der Waals surface area (Å²) in [7, 11) is 1.42. The average molecular weight is 206 g/mol. The number of nitrogens with two attached hydrogens (primary N) is 1. The van der Waals surface area contributed by atoms with Gasteiger partial charge in [0.1, 0.15) is 10.8 Å². The third-order valence-electron chi connectivity index (χ3n) is 1.59. The van der Waals surface area contributed by atoms with Crippen LogP contribution in [0, 0.1) is 5.82 Å². The molecule has 0 fully saturated rings. The van der Waals surface area contributed by atoms with Gasteiger partial charge in [0.05, 0.1) is 13.7 Å². The molecule has 5 heteroatoms. The molecule has 0 saturated heterocycles. The molecule has 0 aromatic heterocycles. The van der Waals surface area contributed by atoms with E-state index in [1.165, 1.54) is 13.2 Å². The van der Waals surface area contributed by atoms with Crippen LogP contribution in [0.1, 0.15) is 5.56 Å². The topological polar surface area (TPSA) is 44.5 Å². The second kappa shape index (κ2) is 4.41. The maximum atomic E-state index is 13.3. The van der Waals surface area contributed by atoms with Crippen LogP contribution in [0.5, 0.6) is 5.75 Å². The van der Waals surface area contributed by atoms with Crippen molar-refractivity contribution in [2.75, 3.05) is 7.11 Å². The van der Waals surface area contributed by atoms with Gasteiger partial charge in [-0.1, -0.05) is 11.6 Å². The normalized spacial score (nSPS) is 10.2. The molecule has 0 bridgehead atoms. The maximum absolute atomic E-state index is 13.3. The van der Waals surface area contributed by atoms with Gasteiger partial charge in [-0.25, -0.2) is 10.3 Å². The molecule has 0 heterocycles. The van der Waals surface area contributed by atoms with Crippen molar-refractivity contribution in [2.45, 2.75) is 6.61 Å². The fraction of sp³-hybridized carbons (Fsp3) is 0.250. The number of hydrogen-bond donors (Lipinski definition) is 1. The van der Waals surface area contributed by atoms with Gasteiger partial charge in [-0.15, -0.1) is 0 Å². The summed E-state index contributed by atoms with van der Waals surface area (Å²) in [5.41, 5.74) is 0.299. The van der Waals surface area contributed by atoms with E-state index in [9.17, 15) is 4.39 Å². The van der Waals surface area contributed by atoms with Crippen molar-refractivity contribution < 1.29 is 14.0 Å². The van der Waals surface area contributed by atoms with Crippen LogP contribution in [0.25, 0.3) is 0 Å². The lowest BCUT2D eigenvalue weighted by atomic mass is 10.2. The van der Waals surface area contributed by atoms with Crippen LogP contribution in [0.4, 0.5) is 4.39 Å². The van der Waals surface area contributed by atoms with E-state index in [2.05, 4.69) is 4.84 Å². The first-order chi connectivity index (χ1) is 6.20. The van der Waals surface area contributed by atoms with Gasteiger partial charge in [0.15, 0.2) is 5.82 Å². The van der Waals surface area contributed by atoms with Crippen molar-refractivity contribution >= 4 is 11.6 Å². The number of benzene rings is 1. The SMILES string of the molecule is COc1ccc(CON)c(F)c1Cl. The predicted molar refractivity (Wildman–Crippen MR) is 46.9 cm³/mol. The molecule has 72 valence electrons. The largest absolute Gasteiger partial charge is 0.495 e. The van der Waals surface area contributed by atoms with Crippen LogP contribution in [-0.2, 0) is 11.4 Å². The van der Waals surface area contributed by atoms with E-state index >= 15 is 0 Å². The second-order valence-electron chi connectivity index (χ2n) is 2.37. The van der Waals surface area contributed by atoms with Gasteiger partial charge >= 0.3 is 0 Å². The molecule has 2 N–H and O–H groups in total. The Kier molecular flexibility index (Phi) is 3.48. The van der Waals surface area contributed by atoms with Crippen molar-refractivity contribution in [3.63, 3.8) is 0 Å². The van der Waals surface area contributed by atoms with Gasteiger partial charge < -0.3 is 4.74 Å². The first-order valence-corrected chi connectivity index (χ1v) is 3.91. The molecule has 1 aromatic rings. The number of ether oxygens (including phenoxy) is 1. The molecule has 0 radical (unpaired) electrons. The second-order valence-corrected chi connectivity index (χ2v) is 2.74. The molecule has 0 aliphatic carbocycles. The van der Waals surface area contributed by atoms with E-state index in [-0.39, 0.29) is 11.6 Å². The summed E-state index contributed by atoms with van der Waals surface area (Å²) in [6.45, 7) is -0.0183. The minimum Gasteiger partial charge on any atom is -0.495 e. The fourth-order valence-electron chi connectivity index (χ4n) is 0.931. The summed E-state index contributed by atoms with van der Waals surface area (Å²) in [6.07, 6.45) is 0. The Bertz CT molecular complexity index is 306. The summed E-state index contributed by atoms with van der Waals surface area (Å²) in [6, 6.07) is 3.06. The van der Waals surface area contributed by atoms with Crippen molar-refractivity contribution in [2.24, 2.45) is 5.90 Å². The van der Waals surface area contributed by atoms with E-state index in [4.69, 9.17) is 22.2 Å². The molecular formula is C8H9ClFNO2. The molecule has 1 aromatic carbocycles. The molecule has 1 rings (SSSR count). The third-order valence-corrected chi connectivity index (χ3v) is 1.94. The van der Waals surface area contributed by atoms with Crippen LogP contribution in [0.2, 0.25) is 5.02 Å². The Morgan fingerprint density at radius 1 is 1.54 bits per heavy atom. The van der Waals surface area contributed by atoms with Crippen molar-refractivity contribution in [1.82, 2.24) is 0 Å². The van der Waals surface area contributed by atoms with E-state index in [1.54, 1.807) is 6.07 Å². The van der Waals surface area contributed by atoms with Gasteiger partial charge in [0.2, 0.25) is 0 Å². The van der Waals surface area contributed by atoms with Crippen molar-refractivity contribution in [1.29, 1.82) is 0 Å². The van der Waals surface area contributed by atoms with Gasteiger partial charge in [0.25, 0.3) is 0 Å². The van der Waals surface area contributed by atoms with E-state index in [0.717, 1.165) is 0 Å².